The van der Waals surface area contributed by atoms with Crippen molar-refractivity contribution in [1.82, 2.24) is 5.32 Å². The van der Waals surface area contributed by atoms with Crippen LogP contribution in [0, 0.1) is 0 Å². The summed E-state index contributed by atoms with van der Waals surface area (Å²) in [5, 5.41) is 4.16. The molecular formula is C12H11Cl2NO. The number of rotatable bonds is 3. The number of nitrogens with one attached hydrogen (secondary N) is 1. The molecule has 2 aromatic rings. The molecule has 0 atom stereocenters. The molecule has 0 saturated heterocycles. The molecule has 0 aliphatic rings. The Bertz CT molecular complexity index is 494. The summed E-state index contributed by atoms with van der Waals surface area (Å²) in [6, 6.07) is 7.48. The Labute approximate surface area is 104 Å². The first-order valence-corrected chi connectivity index (χ1v) is 5.64. The molecule has 0 amide bonds. The van der Waals surface area contributed by atoms with Crippen LogP contribution in [0.1, 0.15) is 5.76 Å². The van der Waals surface area contributed by atoms with Gasteiger partial charge in [0.2, 0.25) is 0 Å². The first-order valence-electron chi connectivity index (χ1n) is 4.88. The summed E-state index contributed by atoms with van der Waals surface area (Å²) < 4.78 is 5.39. The topological polar surface area (TPSA) is 25.2 Å². The number of hydrogen-bond donors (Lipinski definition) is 1. The molecule has 0 bridgehead atoms. The molecule has 1 aromatic carbocycles. The molecule has 0 spiro atoms. The van der Waals surface area contributed by atoms with E-state index in [-0.39, 0.29) is 0 Å². The van der Waals surface area contributed by atoms with E-state index in [1.807, 2.05) is 25.2 Å². The lowest BCUT2D eigenvalue weighted by Crippen LogP contribution is -2.04. The average Bonchev–Trinajstić information content (AvgIpc) is 2.71. The van der Waals surface area contributed by atoms with Gasteiger partial charge < -0.3 is 9.73 Å². The molecule has 0 aliphatic heterocycles. The molecule has 0 saturated carbocycles. The maximum atomic E-state index is 5.98. The van der Waals surface area contributed by atoms with Crippen LogP contribution in [-0.2, 0) is 6.54 Å². The molecule has 0 radical (unpaired) electrons. The van der Waals surface area contributed by atoms with Gasteiger partial charge in [-0.25, -0.2) is 0 Å². The second-order valence-electron chi connectivity index (χ2n) is 3.42. The molecule has 0 aliphatic carbocycles. The summed E-state index contributed by atoms with van der Waals surface area (Å²) in [4.78, 5) is 0. The normalized spacial score (nSPS) is 10.7. The van der Waals surface area contributed by atoms with Crippen molar-refractivity contribution in [2.75, 3.05) is 7.05 Å². The van der Waals surface area contributed by atoms with E-state index in [0.29, 0.717) is 16.6 Å². The molecule has 2 rings (SSSR count). The van der Waals surface area contributed by atoms with E-state index in [1.165, 1.54) is 0 Å². The molecule has 4 heteroatoms. The highest BCUT2D eigenvalue weighted by atomic mass is 35.5. The molecule has 0 fully saturated rings. The van der Waals surface area contributed by atoms with E-state index in [4.69, 9.17) is 27.6 Å². The standard InChI is InChI=1S/C12H11Cl2NO/c1-15-7-12-9(4-5-16-12)8-2-3-10(13)11(14)6-8/h2-6,15H,7H2,1H3. The predicted octanol–water partition coefficient (Wildman–Crippen LogP) is 3.97. The van der Waals surface area contributed by atoms with Gasteiger partial charge in [0.1, 0.15) is 5.76 Å². The number of hydrogen-bond acceptors (Lipinski definition) is 2. The molecule has 0 unspecified atom stereocenters. The van der Waals surface area contributed by atoms with Crippen LogP contribution in [0.2, 0.25) is 10.0 Å². The zero-order valence-electron chi connectivity index (χ0n) is 8.76. The van der Waals surface area contributed by atoms with Gasteiger partial charge in [-0.2, -0.15) is 0 Å². The molecule has 2 nitrogen and oxygen atoms in total. The maximum Gasteiger partial charge on any atom is 0.125 e. The quantitative estimate of drug-likeness (QED) is 0.898. The third kappa shape index (κ3) is 2.24. The number of halogens is 2. The SMILES string of the molecule is CNCc1occc1-c1ccc(Cl)c(Cl)c1. The minimum atomic E-state index is 0.552. The summed E-state index contributed by atoms with van der Waals surface area (Å²) in [5.74, 6) is 0.890. The van der Waals surface area contributed by atoms with E-state index in [2.05, 4.69) is 5.32 Å². The fourth-order valence-electron chi connectivity index (χ4n) is 1.56. The zero-order valence-corrected chi connectivity index (χ0v) is 10.3. The van der Waals surface area contributed by atoms with E-state index in [0.717, 1.165) is 16.9 Å². The zero-order chi connectivity index (χ0) is 11.5. The van der Waals surface area contributed by atoms with E-state index in [1.54, 1.807) is 12.3 Å². The molecule has 16 heavy (non-hydrogen) atoms. The summed E-state index contributed by atoms with van der Waals surface area (Å²) in [7, 11) is 1.88. The first kappa shape index (κ1) is 11.5. The van der Waals surface area contributed by atoms with Crippen molar-refractivity contribution in [3.63, 3.8) is 0 Å². The Balaban J connectivity index is 2.42. The molecule has 1 heterocycles. The summed E-state index contributed by atoms with van der Waals surface area (Å²) >= 11 is 11.9. The van der Waals surface area contributed by atoms with Crippen LogP contribution in [0.5, 0.6) is 0 Å². The summed E-state index contributed by atoms with van der Waals surface area (Å²) in [6.45, 7) is 0.683. The van der Waals surface area contributed by atoms with Crippen LogP contribution in [0.3, 0.4) is 0 Å². The fourth-order valence-corrected chi connectivity index (χ4v) is 1.86. The third-order valence-electron chi connectivity index (χ3n) is 2.31. The number of furan rings is 1. The van der Waals surface area contributed by atoms with Gasteiger partial charge in [-0.05, 0) is 30.8 Å². The van der Waals surface area contributed by atoms with Gasteiger partial charge in [0.05, 0.1) is 22.9 Å². The Morgan fingerprint density at radius 3 is 2.69 bits per heavy atom. The van der Waals surface area contributed by atoms with Gasteiger partial charge in [-0.15, -0.1) is 0 Å². The fraction of sp³-hybridized carbons (Fsp3) is 0.167. The summed E-state index contributed by atoms with van der Waals surface area (Å²) in [6.07, 6.45) is 1.67. The van der Waals surface area contributed by atoms with Crippen LogP contribution < -0.4 is 5.32 Å². The van der Waals surface area contributed by atoms with Gasteiger partial charge in [-0.1, -0.05) is 29.3 Å². The second kappa shape index (κ2) is 4.91. The van der Waals surface area contributed by atoms with E-state index >= 15 is 0 Å². The largest absolute Gasteiger partial charge is 0.467 e. The van der Waals surface area contributed by atoms with Crippen molar-refractivity contribution in [1.29, 1.82) is 0 Å². The molecular weight excluding hydrogens is 245 g/mol. The molecule has 1 N–H and O–H groups in total. The van der Waals surface area contributed by atoms with Gasteiger partial charge >= 0.3 is 0 Å². The minimum Gasteiger partial charge on any atom is -0.467 e. The molecule has 1 aromatic heterocycles. The third-order valence-corrected chi connectivity index (χ3v) is 3.05. The van der Waals surface area contributed by atoms with Crippen molar-refractivity contribution in [3.8, 4) is 11.1 Å². The van der Waals surface area contributed by atoms with Gasteiger partial charge in [0.15, 0.2) is 0 Å². The Morgan fingerprint density at radius 1 is 1.19 bits per heavy atom. The molecule has 84 valence electrons. The minimum absolute atomic E-state index is 0.552. The van der Waals surface area contributed by atoms with Crippen LogP contribution in [0.25, 0.3) is 11.1 Å². The summed E-state index contributed by atoms with van der Waals surface area (Å²) in [5.41, 5.74) is 2.04. The highest BCUT2D eigenvalue weighted by molar-refractivity contribution is 6.42. The monoisotopic (exact) mass is 255 g/mol. The highest BCUT2D eigenvalue weighted by Crippen LogP contribution is 2.30. The lowest BCUT2D eigenvalue weighted by molar-refractivity contribution is 0.497. The highest BCUT2D eigenvalue weighted by Gasteiger charge is 2.09. The van der Waals surface area contributed by atoms with Gasteiger partial charge in [0.25, 0.3) is 0 Å². The number of benzene rings is 1. The lowest BCUT2D eigenvalue weighted by atomic mass is 10.1. The first-order chi connectivity index (χ1) is 7.72. The maximum absolute atomic E-state index is 5.98. The van der Waals surface area contributed by atoms with Crippen LogP contribution in [0.15, 0.2) is 34.9 Å². The van der Waals surface area contributed by atoms with E-state index in [9.17, 15) is 0 Å². The van der Waals surface area contributed by atoms with Gasteiger partial charge in [-0.3, -0.25) is 0 Å². The van der Waals surface area contributed by atoms with Crippen LogP contribution >= 0.6 is 23.2 Å². The van der Waals surface area contributed by atoms with Crippen molar-refractivity contribution in [2.24, 2.45) is 0 Å². The Kier molecular flexibility index (Phi) is 3.54. The Hall–Kier alpha value is -0.960. The van der Waals surface area contributed by atoms with Crippen LogP contribution in [-0.4, -0.2) is 7.05 Å². The lowest BCUT2D eigenvalue weighted by Gasteiger charge is -2.03. The Morgan fingerprint density at radius 2 is 2.00 bits per heavy atom. The predicted molar refractivity (Wildman–Crippen MR) is 66.9 cm³/mol. The van der Waals surface area contributed by atoms with Gasteiger partial charge in [0, 0.05) is 5.56 Å². The second-order valence-corrected chi connectivity index (χ2v) is 4.23. The van der Waals surface area contributed by atoms with Crippen LogP contribution in [0.4, 0.5) is 0 Å². The van der Waals surface area contributed by atoms with Crippen molar-refractivity contribution >= 4 is 23.2 Å². The smallest absolute Gasteiger partial charge is 0.125 e. The van der Waals surface area contributed by atoms with Crippen molar-refractivity contribution < 1.29 is 4.42 Å². The average molecular weight is 256 g/mol. The van der Waals surface area contributed by atoms with Crippen molar-refractivity contribution in [3.05, 3.63) is 46.3 Å². The van der Waals surface area contributed by atoms with Crippen molar-refractivity contribution in [2.45, 2.75) is 6.54 Å². The van der Waals surface area contributed by atoms with E-state index < -0.39 is 0 Å².